The molecule has 5 heteroatoms. The summed E-state index contributed by atoms with van der Waals surface area (Å²) in [5.41, 5.74) is 0.591. The van der Waals surface area contributed by atoms with E-state index in [-0.39, 0.29) is 6.42 Å². The summed E-state index contributed by atoms with van der Waals surface area (Å²) in [6.07, 6.45) is 0.667. The van der Waals surface area contributed by atoms with Crippen LogP contribution < -0.4 is 9.47 Å². The second kappa shape index (κ2) is 4.61. The molecule has 16 heavy (non-hydrogen) atoms. The fourth-order valence-electron chi connectivity index (χ4n) is 1.58. The molecule has 0 saturated carbocycles. The fraction of sp³-hybridized carbons (Fsp3) is 0.364. The number of carbonyl (C=O) groups is 1. The zero-order valence-electron chi connectivity index (χ0n) is 8.53. The summed E-state index contributed by atoms with van der Waals surface area (Å²) in [7, 11) is 0. The van der Waals surface area contributed by atoms with E-state index in [9.17, 15) is 4.79 Å². The minimum Gasteiger partial charge on any atom is -0.489 e. The number of aliphatic carboxylic acids is 1. The SMILES string of the molecule is O=C(O)Cc1ccc(Cl)c2c1OCCCO2. The van der Waals surface area contributed by atoms with Gasteiger partial charge in [-0.1, -0.05) is 17.7 Å². The molecular formula is C11H11ClO4. The van der Waals surface area contributed by atoms with Crippen molar-refractivity contribution in [2.24, 2.45) is 0 Å². The first-order valence-corrected chi connectivity index (χ1v) is 5.35. The number of hydrogen-bond donors (Lipinski definition) is 1. The molecule has 1 aromatic carbocycles. The summed E-state index contributed by atoms with van der Waals surface area (Å²) in [5.74, 6) is 0.0164. The van der Waals surface area contributed by atoms with Crippen LogP contribution in [0.1, 0.15) is 12.0 Å². The van der Waals surface area contributed by atoms with Gasteiger partial charge in [0.1, 0.15) is 0 Å². The highest BCUT2D eigenvalue weighted by Gasteiger charge is 2.19. The molecule has 2 rings (SSSR count). The zero-order valence-corrected chi connectivity index (χ0v) is 9.29. The second-order valence-electron chi connectivity index (χ2n) is 3.49. The maximum atomic E-state index is 10.7. The Morgan fingerprint density at radius 3 is 2.69 bits per heavy atom. The van der Waals surface area contributed by atoms with E-state index in [2.05, 4.69) is 0 Å². The lowest BCUT2D eigenvalue weighted by molar-refractivity contribution is -0.136. The van der Waals surface area contributed by atoms with E-state index < -0.39 is 5.97 Å². The molecule has 0 atom stereocenters. The normalized spacial score (nSPS) is 14.3. The summed E-state index contributed by atoms with van der Waals surface area (Å²) in [6.45, 7) is 1.04. The van der Waals surface area contributed by atoms with Crippen molar-refractivity contribution in [2.75, 3.05) is 13.2 Å². The number of carboxylic acids is 1. The lowest BCUT2D eigenvalue weighted by Crippen LogP contribution is -2.04. The van der Waals surface area contributed by atoms with E-state index in [0.717, 1.165) is 6.42 Å². The van der Waals surface area contributed by atoms with Gasteiger partial charge in [-0.2, -0.15) is 0 Å². The summed E-state index contributed by atoms with van der Waals surface area (Å²) >= 11 is 5.97. The van der Waals surface area contributed by atoms with Gasteiger partial charge in [0, 0.05) is 12.0 Å². The molecule has 0 aromatic heterocycles. The minimum atomic E-state index is -0.905. The van der Waals surface area contributed by atoms with Crippen molar-refractivity contribution in [2.45, 2.75) is 12.8 Å². The van der Waals surface area contributed by atoms with E-state index in [1.165, 1.54) is 0 Å². The third-order valence-electron chi connectivity index (χ3n) is 2.27. The van der Waals surface area contributed by atoms with Crippen LogP contribution in [0.5, 0.6) is 11.5 Å². The van der Waals surface area contributed by atoms with Gasteiger partial charge in [-0.25, -0.2) is 0 Å². The highest BCUT2D eigenvalue weighted by Crippen LogP contribution is 2.39. The van der Waals surface area contributed by atoms with Crippen molar-refractivity contribution >= 4 is 17.6 Å². The van der Waals surface area contributed by atoms with Crippen molar-refractivity contribution in [3.05, 3.63) is 22.7 Å². The Hall–Kier alpha value is -1.42. The predicted octanol–water partition coefficient (Wildman–Crippen LogP) is 2.13. The van der Waals surface area contributed by atoms with Crippen LogP contribution in [0.2, 0.25) is 5.02 Å². The van der Waals surface area contributed by atoms with Crippen molar-refractivity contribution in [1.82, 2.24) is 0 Å². The van der Waals surface area contributed by atoms with Crippen LogP contribution in [-0.4, -0.2) is 24.3 Å². The topological polar surface area (TPSA) is 55.8 Å². The highest BCUT2D eigenvalue weighted by atomic mass is 35.5. The Morgan fingerprint density at radius 2 is 2.00 bits per heavy atom. The average molecular weight is 243 g/mol. The van der Waals surface area contributed by atoms with Crippen molar-refractivity contribution in [3.63, 3.8) is 0 Å². The zero-order chi connectivity index (χ0) is 11.5. The van der Waals surface area contributed by atoms with Crippen LogP contribution in [0.3, 0.4) is 0 Å². The van der Waals surface area contributed by atoms with Crippen molar-refractivity contribution < 1.29 is 19.4 Å². The van der Waals surface area contributed by atoms with Crippen molar-refractivity contribution in [1.29, 1.82) is 0 Å². The monoisotopic (exact) mass is 242 g/mol. The van der Waals surface area contributed by atoms with E-state index in [4.69, 9.17) is 26.2 Å². The molecule has 1 aromatic rings. The van der Waals surface area contributed by atoms with Crippen LogP contribution in [0.25, 0.3) is 0 Å². The van der Waals surface area contributed by atoms with Crippen LogP contribution >= 0.6 is 11.6 Å². The van der Waals surface area contributed by atoms with Gasteiger partial charge in [0.05, 0.1) is 24.7 Å². The molecule has 0 saturated heterocycles. The predicted molar refractivity (Wildman–Crippen MR) is 58.4 cm³/mol. The number of halogens is 1. The molecular weight excluding hydrogens is 232 g/mol. The standard InChI is InChI=1S/C11H11ClO4/c12-8-3-2-7(6-9(13)14)10-11(8)16-5-1-4-15-10/h2-3H,1,4-6H2,(H,13,14). The van der Waals surface area contributed by atoms with Gasteiger partial charge in [-0.15, -0.1) is 0 Å². The van der Waals surface area contributed by atoms with E-state index in [1.54, 1.807) is 12.1 Å². The van der Waals surface area contributed by atoms with Gasteiger partial charge in [0.2, 0.25) is 0 Å². The second-order valence-corrected chi connectivity index (χ2v) is 3.89. The maximum Gasteiger partial charge on any atom is 0.307 e. The molecule has 1 aliphatic rings. The molecule has 0 aliphatic carbocycles. The van der Waals surface area contributed by atoms with Gasteiger partial charge in [-0.3, -0.25) is 4.79 Å². The largest absolute Gasteiger partial charge is 0.489 e. The molecule has 1 aliphatic heterocycles. The third-order valence-corrected chi connectivity index (χ3v) is 2.57. The first-order chi connectivity index (χ1) is 7.68. The van der Waals surface area contributed by atoms with Gasteiger partial charge in [0.15, 0.2) is 11.5 Å². The highest BCUT2D eigenvalue weighted by molar-refractivity contribution is 6.32. The van der Waals surface area contributed by atoms with E-state index >= 15 is 0 Å². The first kappa shape index (κ1) is 11.1. The number of hydrogen-bond acceptors (Lipinski definition) is 3. The molecule has 4 nitrogen and oxygen atoms in total. The lowest BCUT2D eigenvalue weighted by Gasteiger charge is -2.12. The molecule has 0 amide bonds. The molecule has 86 valence electrons. The van der Waals surface area contributed by atoms with Crippen LogP contribution in [0.4, 0.5) is 0 Å². The van der Waals surface area contributed by atoms with Crippen LogP contribution in [0, 0.1) is 0 Å². The molecule has 1 N–H and O–H groups in total. The summed E-state index contributed by atoms with van der Waals surface area (Å²) in [4.78, 5) is 10.7. The van der Waals surface area contributed by atoms with Crippen LogP contribution in [0.15, 0.2) is 12.1 Å². The van der Waals surface area contributed by atoms with E-state index in [0.29, 0.717) is 35.3 Å². The molecule has 0 bridgehead atoms. The van der Waals surface area contributed by atoms with Gasteiger partial charge >= 0.3 is 5.97 Å². The molecule has 0 radical (unpaired) electrons. The molecule has 1 heterocycles. The average Bonchev–Trinajstić information content (AvgIpc) is 2.47. The van der Waals surface area contributed by atoms with Gasteiger partial charge < -0.3 is 14.6 Å². The Balaban J connectivity index is 2.43. The molecule has 0 unspecified atom stereocenters. The van der Waals surface area contributed by atoms with Gasteiger partial charge in [0.25, 0.3) is 0 Å². The van der Waals surface area contributed by atoms with Gasteiger partial charge in [-0.05, 0) is 6.07 Å². The number of rotatable bonds is 2. The Labute approximate surface area is 97.7 Å². The summed E-state index contributed by atoms with van der Waals surface area (Å²) < 4.78 is 10.9. The number of benzene rings is 1. The quantitative estimate of drug-likeness (QED) is 0.863. The minimum absolute atomic E-state index is 0.0944. The van der Waals surface area contributed by atoms with E-state index in [1.807, 2.05) is 0 Å². The van der Waals surface area contributed by atoms with Crippen LogP contribution in [-0.2, 0) is 11.2 Å². The number of fused-ring (bicyclic) bond motifs is 1. The number of carboxylic acid groups (broad SMARTS) is 1. The molecule has 0 spiro atoms. The number of ether oxygens (including phenoxy) is 2. The first-order valence-electron chi connectivity index (χ1n) is 4.97. The maximum absolute atomic E-state index is 10.7. The third kappa shape index (κ3) is 2.22. The Bertz CT molecular complexity index is 417. The summed E-state index contributed by atoms with van der Waals surface area (Å²) in [6, 6.07) is 3.29. The fourth-order valence-corrected chi connectivity index (χ4v) is 1.79. The summed E-state index contributed by atoms with van der Waals surface area (Å²) in [5, 5.41) is 9.23. The lowest BCUT2D eigenvalue weighted by atomic mass is 10.1. The smallest absolute Gasteiger partial charge is 0.307 e. The Morgan fingerprint density at radius 1 is 1.31 bits per heavy atom. The Kier molecular flexibility index (Phi) is 3.19. The van der Waals surface area contributed by atoms with Crippen molar-refractivity contribution in [3.8, 4) is 11.5 Å². The molecule has 0 fully saturated rings.